The van der Waals surface area contributed by atoms with Gasteiger partial charge in [0.15, 0.2) is 0 Å². The molecule has 0 radical (unpaired) electrons. The molecule has 0 bridgehead atoms. The maximum absolute atomic E-state index is 12.0. The normalized spacial score (nSPS) is 10.0. The van der Waals surface area contributed by atoms with Gasteiger partial charge in [-0.05, 0) is 31.0 Å². The van der Waals surface area contributed by atoms with Gasteiger partial charge in [0.25, 0.3) is 5.91 Å². The Labute approximate surface area is 129 Å². The van der Waals surface area contributed by atoms with Crippen molar-refractivity contribution < 1.29 is 19.1 Å². The molecule has 0 spiro atoms. The second kappa shape index (κ2) is 9.23. The van der Waals surface area contributed by atoms with Crippen LogP contribution in [0.4, 0.5) is 0 Å². The van der Waals surface area contributed by atoms with E-state index in [9.17, 15) is 9.59 Å². The molecule has 1 amide bonds. The Morgan fingerprint density at radius 3 is 2.62 bits per heavy atom. The van der Waals surface area contributed by atoms with Gasteiger partial charge in [-0.3, -0.25) is 9.59 Å². The van der Waals surface area contributed by atoms with Crippen LogP contribution in [0.1, 0.15) is 36.0 Å². The molecular formula is C15H20ClNO4. The first-order chi connectivity index (χ1) is 10.1. The van der Waals surface area contributed by atoms with Gasteiger partial charge in [-0.25, -0.2) is 0 Å². The van der Waals surface area contributed by atoms with Gasteiger partial charge in [0.1, 0.15) is 5.75 Å². The number of amides is 1. The summed E-state index contributed by atoms with van der Waals surface area (Å²) in [5.74, 6) is 0.0626. The van der Waals surface area contributed by atoms with Crippen molar-refractivity contribution in [1.82, 2.24) is 5.32 Å². The molecule has 0 aliphatic heterocycles. The average molecular weight is 314 g/mol. The fraction of sp³-hybridized carbons (Fsp3) is 0.467. The number of carbonyl (C=O) groups excluding carboxylic acids is 2. The number of methoxy groups -OCH3 is 2. The zero-order valence-electron chi connectivity index (χ0n) is 12.3. The maximum Gasteiger partial charge on any atom is 0.305 e. The Kier molecular flexibility index (Phi) is 7.61. The van der Waals surface area contributed by atoms with Gasteiger partial charge in [0.05, 0.1) is 19.8 Å². The van der Waals surface area contributed by atoms with Crippen LogP contribution in [0.25, 0.3) is 0 Å². The van der Waals surface area contributed by atoms with Crippen LogP contribution in [0.15, 0.2) is 18.2 Å². The summed E-state index contributed by atoms with van der Waals surface area (Å²) in [4.78, 5) is 23.0. The number of halogens is 1. The Hall–Kier alpha value is -1.75. The van der Waals surface area contributed by atoms with E-state index in [0.717, 1.165) is 19.3 Å². The fourth-order valence-corrected chi connectivity index (χ4v) is 2.00. The predicted molar refractivity (Wildman–Crippen MR) is 80.8 cm³/mol. The fourth-order valence-electron chi connectivity index (χ4n) is 1.83. The SMILES string of the molecule is COC(=O)CCCCCNC(=O)c1cc(Cl)ccc1OC. The third kappa shape index (κ3) is 6.04. The standard InChI is InChI=1S/C15H20ClNO4/c1-20-13-8-7-11(16)10-12(13)15(19)17-9-5-3-4-6-14(18)21-2/h7-8,10H,3-6,9H2,1-2H3,(H,17,19). The van der Waals surface area contributed by atoms with Crippen molar-refractivity contribution in [2.45, 2.75) is 25.7 Å². The number of esters is 1. The quantitative estimate of drug-likeness (QED) is 0.592. The highest BCUT2D eigenvalue weighted by molar-refractivity contribution is 6.31. The van der Waals surface area contributed by atoms with E-state index in [-0.39, 0.29) is 11.9 Å². The molecule has 116 valence electrons. The van der Waals surface area contributed by atoms with Crippen molar-refractivity contribution in [3.8, 4) is 5.75 Å². The van der Waals surface area contributed by atoms with Crippen molar-refractivity contribution in [3.63, 3.8) is 0 Å². The monoisotopic (exact) mass is 313 g/mol. The predicted octanol–water partition coefficient (Wildman–Crippen LogP) is 2.81. The summed E-state index contributed by atoms with van der Waals surface area (Å²) < 4.78 is 9.69. The molecule has 1 aromatic carbocycles. The Bertz CT molecular complexity index is 491. The number of rotatable bonds is 8. The molecular weight excluding hydrogens is 294 g/mol. The van der Waals surface area contributed by atoms with Crippen LogP contribution in [0, 0.1) is 0 Å². The van der Waals surface area contributed by atoms with Gasteiger partial charge < -0.3 is 14.8 Å². The Morgan fingerprint density at radius 1 is 1.19 bits per heavy atom. The summed E-state index contributed by atoms with van der Waals surface area (Å²) in [6.07, 6.45) is 2.81. The molecule has 0 heterocycles. The molecule has 5 nitrogen and oxygen atoms in total. The lowest BCUT2D eigenvalue weighted by Gasteiger charge is -2.09. The van der Waals surface area contributed by atoms with Gasteiger partial charge in [-0.15, -0.1) is 0 Å². The van der Waals surface area contributed by atoms with Crippen LogP contribution >= 0.6 is 11.6 Å². The lowest BCUT2D eigenvalue weighted by molar-refractivity contribution is -0.140. The van der Waals surface area contributed by atoms with E-state index in [4.69, 9.17) is 16.3 Å². The third-order valence-electron chi connectivity index (χ3n) is 2.98. The maximum atomic E-state index is 12.0. The van der Waals surface area contributed by atoms with E-state index in [1.165, 1.54) is 14.2 Å². The zero-order chi connectivity index (χ0) is 15.7. The van der Waals surface area contributed by atoms with Crippen LogP contribution in [0.2, 0.25) is 5.02 Å². The first-order valence-corrected chi connectivity index (χ1v) is 7.15. The number of unbranched alkanes of at least 4 members (excludes halogenated alkanes) is 2. The van der Waals surface area contributed by atoms with E-state index >= 15 is 0 Å². The number of ether oxygens (including phenoxy) is 2. The van der Waals surface area contributed by atoms with Gasteiger partial charge in [0, 0.05) is 18.0 Å². The van der Waals surface area contributed by atoms with E-state index in [2.05, 4.69) is 10.1 Å². The second-order valence-corrected chi connectivity index (χ2v) is 4.92. The largest absolute Gasteiger partial charge is 0.496 e. The van der Waals surface area contributed by atoms with Crippen LogP contribution in [-0.4, -0.2) is 32.6 Å². The first-order valence-electron chi connectivity index (χ1n) is 6.77. The molecule has 0 atom stereocenters. The molecule has 1 rings (SSSR count). The molecule has 21 heavy (non-hydrogen) atoms. The van der Waals surface area contributed by atoms with E-state index in [1.54, 1.807) is 18.2 Å². The zero-order valence-corrected chi connectivity index (χ0v) is 13.0. The van der Waals surface area contributed by atoms with Crippen molar-refractivity contribution in [1.29, 1.82) is 0 Å². The lowest BCUT2D eigenvalue weighted by Crippen LogP contribution is -2.25. The highest BCUT2D eigenvalue weighted by Gasteiger charge is 2.12. The summed E-state index contributed by atoms with van der Waals surface area (Å²) >= 11 is 5.88. The van der Waals surface area contributed by atoms with Crippen molar-refractivity contribution >= 4 is 23.5 Å². The Morgan fingerprint density at radius 2 is 1.95 bits per heavy atom. The average Bonchev–Trinajstić information content (AvgIpc) is 2.50. The minimum absolute atomic E-state index is 0.206. The minimum Gasteiger partial charge on any atom is -0.496 e. The molecule has 1 aromatic rings. The van der Waals surface area contributed by atoms with Gasteiger partial charge in [-0.1, -0.05) is 18.0 Å². The van der Waals surface area contributed by atoms with Crippen LogP contribution in [0.5, 0.6) is 5.75 Å². The number of hydrogen-bond donors (Lipinski definition) is 1. The molecule has 0 saturated heterocycles. The van der Waals surface area contributed by atoms with Gasteiger partial charge in [0.2, 0.25) is 0 Å². The topological polar surface area (TPSA) is 64.6 Å². The van der Waals surface area contributed by atoms with E-state index in [0.29, 0.717) is 29.3 Å². The van der Waals surface area contributed by atoms with Crippen LogP contribution in [0.3, 0.4) is 0 Å². The van der Waals surface area contributed by atoms with Crippen LogP contribution < -0.4 is 10.1 Å². The van der Waals surface area contributed by atoms with E-state index in [1.807, 2.05) is 0 Å². The minimum atomic E-state index is -0.220. The second-order valence-electron chi connectivity index (χ2n) is 4.49. The Balaban J connectivity index is 2.34. The number of carbonyl (C=O) groups is 2. The smallest absolute Gasteiger partial charge is 0.305 e. The highest BCUT2D eigenvalue weighted by atomic mass is 35.5. The number of nitrogens with one attached hydrogen (secondary N) is 1. The summed E-state index contributed by atoms with van der Waals surface area (Å²) in [5, 5.41) is 3.29. The summed E-state index contributed by atoms with van der Waals surface area (Å²) in [5.41, 5.74) is 0.416. The third-order valence-corrected chi connectivity index (χ3v) is 3.21. The van der Waals surface area contributed by atoms with Gasteiger partial charge in [-0.2, -0.15) is 0 Å². The lowest BCUT2D eigenvalue weighted by atomic mass is 10.1. The molecule has 0 aromatic heterocycles. The van der Waals surface area contributed by atoms with Gasteiger partial charge >= 0.3 is 5.97 Å². The molecule has 1 N–H and O–H groups in total. The van der Waals surface area contributed by atoms with Crippen molar-refractivity contribution in [2.24, 2.45) is 0 Å². The number of benzene rings is 1. The summed E-state index contributed by atoms with van der Waals surface area (Å²) in [7, 11) is 2.88. The molecule has 6 heteroatoms. The molecule has 0 unspecified atom stereocenters. The molecule has 0 saturated carbocycles. The van der Waals surface area contributed by atoms with Crippen molar-refractivity contribution in [3.05, 3.63) is 28.8 Å². The van der Waals surface area contributed by atoms with E-state index < -0.39 is 0 Å². The van der Waals surface area contributed by atoms with Crippen molar-refractivity contribution in [2.75, 3.05) is 20.8 Å². The summed E-state index contributed by atoms with van der Waals surface area (Å²) in [6.45, 7) is 0.537. The van der Waals surface area contributed by atoms with Crippen LogP contribution in [-0.2, 0) is 9.53 Å². The number of hydrogen-bond acceptors (Lipinski definition) is 4. The molecule has 0 aliphatic carbocycles. The highest BCUT2D eigenvalue weighted by Crippen LogP contribution is 2.22. The first kappa shape index (κ1) is 17.3. The summed E-state index contributed by atoms with van der Waals surface area (Å²) in [6, 6.07) is 4.91. The molecule has 0 fully saturated rings. The molecule has 0 aliphatic rings.